The molecule has 0 amide bonds. The number of nitrogens with zero attached hydrogens (tertiary/aromatic N) is 3. The molecular formula is C19H26N4O3S. The molecule has 0 saturated carbocycles. The van der Waals surface area contributed by atoms with Crippen molar-refractivity contribution in [2.24, 2.45) is 0 Å². The molecule has 0 radical (unpaired) electrons. The third kappa shape index (κ3) is 4.56. The number of ether oxygens (including phenoxy) is 1. The highest BCUT2D eigenvalue weighted by molar-refractivity contribution is 7.90. The third-order valence-corrected chi connectivity index (χ3v) is 5.65. The van der Waals surface area contributed by atoms with Crippen LogP contribution in [-0.2, 0) is 27.5 Å². The average molecular weight is 391 g/mol. The van der Waals surface area contributed by atoms with Crippen LogP contribution in [0.15, 0.2) is 24.3 Å². The highest BCUT2D eigenvalue weighted by Gasteiger charge is 2.17. The van der Waals surface area contributed by atoms with E-state index in [0.29, 0.717) is 25.3 Å². The summed E-state index contributed by atoms with van der Waals surface area (Å²) in [6.45, 7) is 1.33. The van der Waals surface area contributed by atoms with E-state index in [1.165, 1.54) is 6.26 Å². The monoisotopic (exact) mass is 390 g/mol. The van der Waals surface area contributed by atoms with E-state index in [1.54, 1.807) is 7.11 Å². The lowest BCUT2D eigenvalue weighted by Crippen LogP contribution is -2.08. The smallest absolute Gasteiger partial charge is 0.152 e. The minimum Gasteiger partial charge on any atom is -0.384 e. The van der Waals surface area contributed by atoms with Crippen LogP contribution in [0.1, 0.15) is 25.1 Å². The number of hydrogen-bond acceptors (Lipinski definition) is 6. The Kier molecular flexibility index (Phi) is 5.96. The number of sulfone groups is 1. The Morgan fingerprint density at radius 1 is 1.15 bits per heavy atom. The molecule has 0 aliphatic heterocycles. The number of benzene rings is 1. The van der Waals surface area contributed by atoms with Crippen LogP contribution in [0, 0.1) is 0 Å². The first-order valence-corrected chi connectivity index (χ1v) is 11.2. The van der Waals surface area contributed by atoms with E-state index in [1.807, 2.05) is 24.3 Å². The summed E-state index contributed by atoms with van der Waals surface area (Å²) in [6.07, 6.45) is 4.35. The van der Waals surface area contributed by atoms with E-state index < -0.39 is 9.84 Å². The van der Waals surface area contributed by atoms with Crippen molar-refractivity contribution in [3.63, 3.8) is 0 Å². The zero-order valence-electron chi connectivity index (χ0n) is 15.8. The summed E-state index contributed by atoms with van der Waals surface area (Å²) >= 11 is 0. The van der Waals surface area contributed by atoms with Crippen molar-refractivity contribution >= 4 is 37.6 Å². The lowest BCUT2D eigenvalue weighted by Gasteiger charge is -2.11. The number of methoxy groups -OCH3 is 1. The van der Waals surface area contributed by atoms with E-state index >= 15 is 0 Å². The summed E-state index contributed by atoms with van der Waals surface area (Å²) < 4.78 is 30.0. The summed E-state index contributed by atoms with van der Waals surface area (Å²) in [4.78, 5) is 9.22. The Hall–Kier alpha value is -2.19. The fourth-order valence-corrected chi connectivity index (χ4v) is 4.07. The molecule has 0 aliphatic carbocycles. The summed E-state index contributed by atoms with van der Waals surface area (Å²) in [5.41, 5.74) is 8.73. The minimum atomic E-state index is -2.91. The van der Waals surface area contributed by atoms with Crippen molar-refractivity contribution in [1.82, 2.24) is 14.5 Å². The molecule has 2 heterocycles. The van der Waals surface area contributed by atoms with Crippen LogP contribution in [0.3, 0.4) is 0 Å². The Bertz CT molecular complexity index is 1040. The Morgan fingerprint density at radius 2 is 1.93 bits per heavy atom. The molecule has 8 heteroatoms. The van der Waals surface area contributed by atoms with Crippen LogP contribution in [0.25, 0.3) is 21.9 Å². The number of aryl methyl sites for hydroxylation is 1. The number of nitrogens with two attached hydrogens (primary N) is 1. The molecule has 1 aromatic carbocycles. The molecule has 0 fully saturated rings. The SMILES string of the molecule is COCCc1nc2c(N)nc3ccccc3c2n1CCCCCS(C)(=O)=O. The topological polar surface area (TPSA) is 100 Å². The number of pyridine rings is 1. The molecule has 0 saturated heterocycles. The summed E-state index contributed by atoms with van der Waals surface area (Å²) in [7, 11) is -1.24. The van der Waals surface area contributed by atoms with Crippen LogP contribution in [0.2, 0.25) is 0 Å². The van der Waals surface area contributed by atoms with E-state index in [4.69, 9.17) is 15.5 Å². The minimum absolute atomic E-state index is 0.230. The molecule has 3 aromatic rings. The molecule has 0 unspecified atom stereocenters. The number of fused-ring (bicyclic) bond motifs is 3. The predicted molar refractivity (Wildman–Crippen MR) is 109 cm³/mol. The quantitative estimate of drug-likeness (QED) is 0.564. The molecule has 0 aliphatic rings. The number of aromatic nitrogens is 3. The molecule has 0 bridgehead atoms. The Morgan fingerprint density at radius 3 is 2.67 bits per heavy atom. The summed E-state index contributed by atoms with van der Waals surface area (Å²) in [5.74, 6) is 1.58. The van der Waals surface area contributed by atoms with Crippen molar-refractivity contribution in [2.45, 2.75) is 32.2 Å². The van der Waals surface area contributed by atoms with Crippen LogP contribution < -0.4 is 5.73 Å². The van der Waals surface area contributed by atoms with E-state index in [9.17, 15) is 8.42 Å². The molecule has 146 valence electrons. The number of nitrogen functional groups attached to an aromatic ring is 1. The molecule has 0 spiro atoms. The molecule has 27 heavy (non-hydrogen) atoms. The van der Waals surface area contributed by atoms with E-state index in [2.05, 4.69) is 9.55 Å². The van der Waals surface area contributed by atoms with E-state index in [-0.39, 0.29) is 5.75 Å². The second-order valence-electron chi connectivity index (χ2n) is 6.82. The fraction of sp³-hybridized carbons (Fsp3) is 0.474. The molecule has 2 N–H and O–H groups in total. The lowest BCUT2D eigenvalue weighted by molar-refractivity contribution is 0.199. The highest BCUT2D eigenvalue weighted by atomic mass is 32.2. The summed E-state index contributed by atoms with van der Waals surface area (Å²) in [6, 6.07) is 7.91. The standard InChI is InChI=1S/C19H26N4O3S/c1-26-12-10-16-22-17-18(14-8-4-5-9-15(14)21-19(17)20)23(16)11-6-3-7-13-27(2,24)25/h4-5,8-9H,3,6-7,10-13H2,1-2H3,(H2,20,21). The highest BCUT2D eigenvalue weighted by Crippen LogP contribution is 2.29. The van der Waals surface area contributed by atoms with Gasteiger partial charge in [-0.15, -0.1) is 0 Å². The lowest BCUT2D eigenvalue weighted by atomic mass is 10.2. The normalized spacial score (nSPS) is 12.2. The van der Waals surface area contributed by atoms with Gasteiger partial charge in [-0.3, -0.25) is 0 Å². The van der Waals surface area contributed by atoms with Gasteiger partial charge in [-0.1, -0.05) is 24.6 Å². The molecule has 7 nitrogen and oxygen atoms in total. The van der Waals surface area contributed by atoms with Crippen molar-refractivity contribution < 1.29 is 13.2 Å². The summed E-state index contributed by atoms with van der Waals surface area (Å²) in [5, 5.41) is 1.02. The maximum atomic E-state index is 11.3. The van der Waals surface area contributed by atoms with Gasteiger partial charge >= 0.3 is 0 Å². The number of hydrogen-bond donors (Lipinski definition) is 1. The van der Waals surface area contributed by atoms with Crippen molar-refractivity contribution in [1.29, 1.82) is 0 Å². The fourth-order valence-electron chi connectivity index (χ4n) is 3.34. The Balaban J connectivity index is 1.94. The molecule has 2 aromatic heterocycles. The third-order valence-electron chi connectivity index (χ3n) is 4.62. The predicted octanol–water partition coefficient (Wildman–Crippen LogP) is 2.57. The molecule has 3 rings (SSSR count). The largest absolute Gasteiger partial charge is 0.384 e. The maximum Gasteiger partial charge on any atom is 0.152 e. The van der Waals surface area contributed by atoms with Gasteiger partial charge in [-0.05, 0) is 18.9 Å². The second-order valence-corrected chi connectivity index (χ2v) is 9.08. The zero-order valence-corrected chi connectivity index (χ0v) is 16.6. The number of imidazole rings is 1. The van der Waals surface area contributed by atoms with Gasteiger partial charge in [0.25, 0.3) is 0 Å². The van der Waals surface area contributed by atoms with Crippen LogP contribution >= 0.6 is 0 Å². The van der Waals surface area contributed by atoms with Gasteiger partial charge in [0.05, 0.1) is 17.6 Å². The molecular weight excluding hydrogens is 364 g/mol. The van der Waals surface area contributed by atoms with Gasteiger partial charge < -0.3 is 15.0 Å². The first-order chi connectivity index (χ1) is 12.9. The van der Waals surface area contributed by atoms with Gasteiger partial charge in [-0.2, -0.15) is 0 Å². The van der Waals surface area contributed by atoms with Gasteiger partial charge in [0, 0.05) is 37.5 Å². The van der Waals surface area contributed by atoms with Crippen LogP contribution in [0.5, 0.6) is 0 Å². The van der Waals surface area contributed by atoms with E-state index in [0.717, 1.165) is 47.1 Å². The number of rotatable bonds is 9. The zero-order chi connectivity index (χ0) is 19.4. The number of unbranched alkanes of at least 4 members (excludes halogenated alkanes) is 2. The molecule has 0 atom stereocenters. The van der Waals surface area contributed by atoms with Crippen molar-refractivity contribution in [3.05, 3.63) is 30.1 Å². The first kappa shape index (κ1) is 19.6. The second kappa shape index (κ2) is 8.22. The van der Waals surface area contributed by atoms with Gasteiger partial charge in [0.1, 0.15) is 21.2 Å². The maximum absolute atomic E-state index is 11.3. The number of anilines is 1. The van der Waals surface area contributed by atoms with Crippen molar-refractivity contribution in [2.75, 3.05) is 31.5 Å². The number of para-hydroxylation sites is 1. The van der Waals surface area contributed by atoms with Crippen LogP contribution in [-0.4, -0.2) is 48.7 Å². The average Bonchev–Trinajstić information content (AvgIpc) is 2.98. The Labute approximate surface area is 159 Å². The van der Waals surface area contributed by atoms with Crippen LogP contribution in [0.4, 0.5) is 5.82 Å². The van der Waals surface area contributed by atoms with Gasteiger partial charge in [0.2, 0.25) is 0 Å². The van der Waals surface area contributed by atoms with Crippen molar-refractivity contribution in [3.8, 4) is 0 Å². The van der Waals surface area contributed by atoms with Gasteiger partial charge in [0.15, 0.2) is 5.82 Å². The first-order valence-electron chi connectivity index (χ1n) is 9.10. The van der Waals surface area contributed by atoms with Gasteiger partial charge in [-0.25, -0.2) is 18.4 Å².